The van der Waals surface area contributed by atoms with Crippen LogP contribution in [0.15, 0.2) is 23.1 Å². The molecule has 0 bridgehead atoms. The fourth-order valence-corrected chi connectivity index (χ4v) is 2.07. The number of hydrogen-bond acceptors (Lipinski definition) is 3. The van der Waals surface area contributed by atoms with E-state index in [1.165, 1.54) is 0 Å². The average molecular weight is 297 g/mol. The predicted octanol–water partition coefficient (Wildman–Crippen LogP) is 2.19. The van der Waals surface area contributed by atoms with E-state index in [1.54, 1.807) is 35.0 Å². The molecule has 0 amide bonds. The Labute approximate surface area is 108 Å². The third-order valence-electron chi connectivity index (χ3n) is 2.42. The van der Waals surface area contributed by atoms with Gasteiger partial charge in [0.2, 0.25) is 5.78 Å². The molecule has 0 N–H and O–H groups in total. The van der Waals surface area contributed by atoms with Crippen LogP contribution in [0.2, 0.25) is 0 Å². The van der Waals surface area contributed by atoms with E-state index >= 15 is 0 Å². The zero-order valence-corrected chi connectivity index (χ0v) is 11.5. The second-order valence-electron chi connectivity index (χ2n) is 4.11. The molecule has 0 aromatic carbocycles. The van der Waals surface area contributed by atoms with Crippen molar-refractivity contribution in [3.8, 4) is 0 Å². The number of rotatable bonds is 3. The van der Waals surface area contributed by atoms with Gasteiger partial charge >= 0.3 is 0 Å². The van der Waals surface area contributed by atoms with Gasteiger partial charge in [-0.25, -0.2) is 0 Å². The molecule has 17 heavy (non-hydrogen) atoms. The van der Waals surface area contributed by atoms with Gasteiger partial charge in [-0.1, -0.05) is 0 Å². The molecule has 2 rings (SSSR count). The lowest BCUT2D eigenvalue weighted by Gasteiger charge is -2.09. The smallest absolute Gasteiger partial charge is 0.215 e. The van der Waals surface area contributed by atoms with Gasteiger partial charge in [0.25, 0.3) is 0 Å². The highest BCUT2D eigenvalue weighted by atomic mass is 79.9. The number of halogens is 1. The van der Waals surface area contributed by atoms with Crippen molar-refractivity contribution < 1.29 is 4.79 Å². The molecule has 0 aliphatic carbocycles. The standard InChI is InChI=1S/C11H13BrN4O/c1-7(2)16-10(9(12)5-14-16)11(17)8-4-13-15(3)6-8/h4-7H,1-3H3. The molecule has 2 heterocycles. The van der Waals surface area contributed by atoms with Crippen molar-refractivity contribution in [2.75, 3.05) is 0 Å². The third-order valence-corrected chi connectivity index (χ3v) is 3.00. The molecule has 0 atom stereocenters. The number of hydrogen-bond donors (Lipinski definition) is 0. The van der Waals surface area contributed by atoms with Crippen LogP contribution >= 0.6 is 15.9 Å². The van der Waals surface area contributed by atoms with E-state index in [4.69, 9.17) is 0 Å². The molecular formula is C11H13BrN4O. The predicted molar refractivity (Wildman–Crippen MR) is 67.0 cm³/mol. The Morgan fingerprint density at radius 1 is 1.35 bits per heavy atom. The van der Waals surface area contributed by atoms with Crippen molar-refractivity contribution in [3.05, 3.63) is 34.3 Å². The normalized spacial score (nSPS) is 11.1. The minimum absolute atomic E-state index is 0.0730. The van der Waals surface area contributed by atoms with Crippen LogP contribution in [0.1, 0.15) is 35.9 Å². The zero-order valence-electron chi connectivity index (χ0n) is 9.88. The molecule has 2 aromatic heterocycles. The van der Waals surface area contributed by atoms with Gasteiger partial charge in [0.05, 0.1) is 22.4 Å². The second kappa shape index (κ2) is 4.44. The van der Waals surface area contributed by atoms with Crippen molar-refractivity contribution in [2.24, 2.45) is 7.05 Å². The Balaban J connectivity index is 2.47. The van der Waals surface area contributed by atoms with Gasteiger partial charge in [-0.3, -0.25) is 14.2 Å². The van der Waals surface area contributed by atoms with E-state index in [0.29, 0.717) is 15.7 Å². The van der Waals surface area contributed by atoms with E-state index in [-0.39, 0.29) is 11.8 Å². The summed E-state index contributed by atoms with van der Waals surface area (Å²) in [6.07, 6.45) is 4.91. The Morgan fingerprint density at radius 3 is 2.59 bits per heavy atom. The summed E-state index contributed by atoms with van der Waals surface area (Å²) >= 11 is 3.36. The highest BCUT2D eigenvalue weighted by molar-refractivity contribution is 9.10. The summed E-state index contributed by atoms with van der Waals surface area (Å²) in [7, 11) is 1.78. The molecule has 2 aromatic rings. The van der Waals surface area contributed by atoms with E-state index in [2.05, 4.69) is 26.1 Å². The maximum Gasteiger partial charge on any atom is 0.215 e. The Kier molecular flexibility index (Phi) is 3.15. The summed E-state index contributed by atoms with van der Waals surface area (Å²) in [5, 5.41) is 8.19. The number of aryl methyl sites for hydroxylation is 1. The van der Waals surface area contributed by atoms with Gasteiger partial charge in [-0.2, -0.15) is 10.2 Å². The molecule has 0 unspecified atom stereocenters. The Morgan fingerprint density at radius 2 is 2.06 bits per heavy atom. The topological polar surface area (TPSA) is 52.7 Å². The van der Waals surface area contributed by atoms with Gasteiger partial charge in [0, 0.05) is 19.3 Å². The van der Waals surface area contributed by atoms with Crippen molar-refractivity contribution in [2.45, 2.75) is 19.9 Å². The SMILES string of the molecule is CC(C)n1ncc(Br)c1C(=O)c1cnn(C)c1. The summed E-state index contributed by atoms with van der Waals surface area (Å²) in [6, 6.07) is 0.136. The first-order chi connectivity index (χ1) is 8.00. The monoisotopic (exact) mass is 296 g/mol. The molecule has 0 saturated heterocycles. The number of aromatic nitrogens is 4. The first kappa shape index (κ1) is 12.0. The summed E-state index contributed by atoms with van der Waals surface area (Å²) in [6.45, 7) is 3.97. The second-order valence-corrected chi connectivity index (χ2v) is 4.97. The van der Waals surface area contributed by atoms with Crippen LogP contribution < -0.4 is 0 Å². The number of ketones is 1. The van der Waals surface area contributed by atoms with Crippen molar-refractivity contribution in [1.29, 1.82) is 0 Å². The number of nitrogens with zero attached hydrogens (tertiary/aromatic N) is 4. The van der Waals surface area contributed by atoms with Crippen molar-refractivity contribution in [1.82, 2.24) is 19.6 Å². The number of carbonyl (C=O) groups excluding carboxylic acids is 1. The van der Waals surface area contributed by atoms with Crippen LogP contribution in [0.3, 0.4) is 0 Å². The lowest BCUT2D eigenvalue weighted by atomic mass is 10.1. The third kappa shape index (κ3) is 2.17. The van der Waals surface area contributed by atoms with Gasteiger partial charge in [-0.15, -0.1) is 0 Å². The maximum absolute atomic E-state index is 12.3. The van der Waals surface area contributed by atoms with E-state index in [1.807, 2.05) is 13.8 Å². The largest absolute Gasteiger partial charge is 0.287 e. The Hall–Kier alpha value is -1.43. The van der Waals surface area contributed by atoms with Crippen LogP contribution in [0.4, 0.5) is 0 Å². The molecule has 0 spiro atoms. The van der Waals surface area contributed by atoms with Crippen molar-refractivity contribution >= 4 is 21.7 Å². The van der Waals surface area contributed by atoms with Gasteiger partial charge in [-0.05, 0) is 29.8 Å². The van der Waals surface area contributed by atoms with E-state index in [9.17, 15) is 4.79 Å². The van der Waals surface area contributed by atoms with Crippen molar-refractivity contribution in [3.63, 3.8) is 0 Å². The average Bonchev–Trinajstić information content (AvgIpc) is 2.83. The molecular weight excluding hydrogens is 284 g/mol. The fourth-order valence-electron chi connectivity index (χ4n) is 1.62. The van der Waals surface area contributed by atoms with E-state index in [0.717, 1.165) is 0 Å². The maximum atomic E-state index is 12.3. The summed E-state index contributed by atoms with van der Waals surface area (Å²) in [5.74, 6) is -0.0730. The highest BCUT2D eigenvalue weighted by Gasteiger charge is 2.21. The van der Waals surface area contributed by atoms with Crippen LogP contribution in [-0.4, -0.2) is 25.3 Å². The summed E-state index contributed by atoms with van der Waals surface area (Å²) in [5.41, 5.74) is 1.13. The van der Waals surface area contributed by atoms with Gasteiger partial charge in [0.15, 0.2) is 0 Å². The molecule has 0 aliphatic rings. The van der Waals surface area contributed by atoms with Crippen LogP contribution in [-0.2, 0) is 7.05 Å². The lowest BCUT2D eigenvalue weighted by molar-refractivity contribution is 0.102. The van der Waals surface area contributed by atoms with Gasteiger partial charge in [0.1, 0.15) is 5.69 Å². The summed E-state index contributed by atoms with van der Waals surface area (Å²) < 4.78 is 4.02. The summed E-state index contributed by atoms with van der Waals surface area (Å²) in [4.78, 5) is 12.3. The fraction of sp³-hybridized carbons (Fsp3) is 0.364. The number of carbonyl (C=O) groups is 1. The first-order valence-corrected chi connectivity index (χ1v) is 6.06. The molecule has 0 saturated carbocycles. The van der Waals surface area contributed by atoms with Crippen LogP contribution in [0, 0.1) is 0 Å². The molecule has 0 radical (unpaired) electrons. The molecule has 5 nitrogen and oxygen atoms in total. The lowest BCUT2D eigenvalue weighted by Crippen LogP contribution is -2.13. The minimum Gasteiger partial charge on any atom is -0.287 e. The molecule has 6 heteroatoms. The van der Waals surface area contributed by atoms with E-state index < -0.39 is 0 Å². The first-order valence-electron chi connectivity index (χ1n) is 5.27. The minimum atomic E-state index is -0.0730. The molecule has 90 valence electrons. The quantitative estimate of drug-likeness (QED) is 0.816. The Bertz CT molecular complexity index is 556. The van der Waals surface area contributed by atoms with Gasteiger partial charge < -0.3 is 0 Å². The van der Waals surface area contributed by atoms with Crippen LogP contribution in [0.5, 0.6) is 0 Å². The molecule has 0 fully saturated rings. The zero-order chi connectivity index (χ0) is 12.6. The highest BCUT2D eigenvalue weighted by Crippen LogP contribution is 2.22. The molecule has 0 aliphatic heterocycles. The van der Waals surface area contributed by atoms with Crippen LogP contribution in [0.25, 0.3) is 0 Å².